The molecule has 1 aromatic rings. The largest absolute Gasteiger partial charge is 0.383 e. The number of Topliss-reactive ketones (excluding diaryl/α,β-unsaturated/α-hetero) is 1. The third kappa shape index (κ3) is 2.32. The van der Waals surface area contributed by atoms with E-state index in [2.05, 4.69) is 21.4 Å². The molecule has 5 N–H and O–H groups in total. The highest BCUT2D eigenvalue weighted by Gasteiger charge is 2.29. The monoisotopic (exact) mass is 303 g/mol. The summed E-state index contributed by atoms with van der Waals surface area (Å²) in [6.45, 7) is 2.01. The number of carbonyl (C=O) groups excluding carboxylic acids is 1. The van der Waals surface area contributed by atoms with Crippen LogP contribution in [-0.2, 0) is 11.3 Å². The lowest BCUT2D eigenvalue weighted by molar-refractivity contribution is -0.118. The SMILES string of the molecule is CC(=O)C1NCc2nc(N)nc(N)c21.Clc1cc2ccc1=2. The van der Waals surface area contributed by atoms with E-state index in [1.54, 1.807) is 0 Å². The maximum Gasteiger partial charge on any atom is 0.222 e. The molecule has 0 saturated heterocycles. The molecule has 0 fully saturated rings. The van der Waals surface area contributed by atoms with E-state index in [0.717, 1.165) is 10.7 Å². The summed E-state index contributed by atoms with van der Waals surface area (Å²) in [5.74, 6) is 0.439. The standard InChI is InChI=1S/C8H11N5O.C6H3Cl/c1-3(14)6-5-4(2-11-6)12-8(10)13-7(5)9;7-6-3-4-1-2-5(4)6/h6,11H,2H2,1H3,(H4,9,10,12,13);1-3H. The number of carbonyl (C=O) groups is 1. The van der Waals surface area contributed by atoms with E-state index >= 15 is 0 Å². The Morgan fingerprint density at radius 1 is 1.38 bits per heavy atom. The van der Waals surface area contributed by atoms with E-state index in [1.165, 1.54) is 17.4 Å². The average molecular weight is 304 g/mol. The fourth-order valence-electron chi connectivity index (χ4n) is 2.39. The zero-order valence-corrected chi connectivity index (χ0v) is 12.1. The second-order valence-electron chi connectivity index (χ2n) is 4.95. The van der Waals surface area contributed by atoms with Crippen LogP contribution in [0.15, 0.2) is 18.2 Å². The van der Waals surface area contributed by atoms with Gasteiger partial charge in [-0.1, -0.05) is 23.7 Å². The van der Waals surface area contributed by atoms with Crippen LogP contribution in [0.4, 0.5) is 11.8 Å². The number of rotatable bonds is 1. The molecule has 1 aliphatic heterocycles. The van der Waals surface area contributed by atoms with E-state index in [0.29, 0.717) is 12.1 Å². The Bertz CT molecular complexity index is 836. The summed E-state index contributed by atoms with van der Waals surface area (Å²) in [7, 11) is 0. The summed E-state index contributed by atoms with van der Waals surface area (Å²) in [4.78, 5) is 19.1. The Hall–Kier alpha value is -2.18. The van der Waals surface area contributed by atoms with Crippen molar-refractivity contribution in [2.24, 2.45) is 0 Å². The summed E-state index contributed by atoms with van der Waals surface area (Å²) in [5, 5.41) is 6.46. The number of anilines is 2. The minimum absolute atomic E-state index is 0.00354. The smallest absolute Gasteiger partial charge is 0.222 e. The number of hydrogen-bond acceptors (Lipinski definition) is 6. The number of halogens is 1. The van der Waals surface area contributed by atoms with Gasteiger partial charge >= 0.3 is 0 Å². The zero-order valence-electron chi connectivity index (χ0n) is 11.4. The molecule has 1 unspecified atom stereocenters. The molecule has 2 heterocycles. The molecule has 2 aliphatic carbocycles. The van der Waals surface area contributed by atoms with Crippen LogP contribution in [0, 0.1) is 10.4 Å². The molecule has 1 aromatic heterocycles. The van der Waals surface area contributed by atoms with Crippen LogP contribution in [-0.4, -0.2) is 15.8 Å². The fraction of sp³-hybridized carbons (Fsp3) is 0.214. The number of benzene rings is 1. The van der Waals surface area contributed by atoms with Gasteiger partial charge in [0.1, 0.15) is 5.82 Å². The normalized spacial score (nSPS) is 16.8. The first-order valence-corrected chi connectivity index (χ1v) is 6.80. The van der Waals surface area contributed by atoms with E-state index in [-0.39, 0.29) is 23.6 Å². The Morgan fingerprint density at radius 3 is 2.57 bits per heavy atom. The molecule has 6 nitrogen and oxygen atoms in total. The third-order valence-corrected chi connectivity index (χ3v) is 3.83. The maximum absolute atomic E-state index is 11.2. The van der Waals surface area contributed by atoms with Gasteiger partial charge in [0, 0.05) is 22.3 Å². The predicted molar refractivity (Wildman–Crippen MR) is 80.2 cm³/mol. The van der Waals surface area contributed by atoms with Gasteiger partial charge in [-0.15, -0.1) is 0 Å². The highest BCUT2D eigenvalue weighted by Crippen LogP contribution is 2.28. The molecule has 1 atom stereocenters. The molecule has 0 aromatic carbocycles. The molecule has 0 spiro atoms. The molecule has 21 heavy (non-hydrogen) atoms. The highest BCUT2D eigenvalue weighted by atomic mass is 35.5. The summed E-state index contributed by atoms with van der Waals surface area (Å²) in [5.41, 5.74) is 12.5. The second-order valence-corrected chi connectivity index (χ2v) is 5.35. The quantitative estimate of drug-likeness (QED) is 0.626. The highest BCUT2D eigenvalue weighted by molar-refractivity contribution is 6.31. The molecule has 108 valence electrons. The molecule has 0 saturated carbocycles. The fourth-order valence-corrected chi connectivity index (χ4v) is 2.68. The van der Waals surface area contributed by atoms with Crippen LogP contribution < -0.4 is 16.8 Å². The van der Waals surface area contributed by atoms with Crippen LogP contribution in [0.25, 0.3) is 0 Å². The van der Waals surface area contributed by atoms with Gasteiger partial charge in [0.2, 0.25) is 5.95 Å². The number of hydrogen-bond donors (Lipinski definition) is 3. The Labute approximate surface area is 125 Å². The van der Waals surface area contributed by atoms with Gasteiger partial charge in [0.15, 0.2) is 5.78 Å². The van der Waals surface area contributed by atoms with E-state index in [9.17, 15) is 4.79 Å². The number of ketones is 1. The van der Waals surface area contributed by atoms with Crippen LogP contribution in [0.1, 0.15) is 24.2 Å². The van der Waals surface area contributed by atoms with E-state index < -0.39 is 0 Å². The third-order valence-electron chi connectivity index (χ3n) is 3.52. The van der Waals surface area contributed by atoms with E-state index in [4.69, 9.17) is 23.1 Å². The number of nitrogen functional groups attached to an aromatic ring is 2. The first-order valence-electron chi connectivity index (χ1n) is 6.43. The van der Waals surface area contributed by atoms with Crippen molar-refractivity contribution in [3.05, 3.63) is 44.9 Å². The maximum atomic E-state index is 11.2. The molecule has 7 heteroatoms. The minimum atomic E-state index is -0.384. The van der Waals surface area contributed by atoms with Crippen LogP contribution in [0.3, 0.4) is 0 Å². The second kappa shape index (κ2) is 4.98. The number of fused-ring (bicyclic) bond motifs is 1. The topological polar surface area (TPSA) is 107 Å². The average Bonchev–Trinajstić information content (AvgIpc) is 2.80. The van der Waals surface area contributed by atoms with E-state index in [1.807, 2.05) is 12.1 Å². The van der Waals surface area contributed by atoms with Crippen molar-refractivity contribution in [3.63, 3.8) is 0 Å². The Balaban J connectivity index is 0.000000156. The summed E-state index contributed by atoms with van der Waals surface area (Å²) in [6.07, 6.45) is 0. The first kappa shape index (κ1) is 13.8. The number of nitrogens with zero attached hydrogens (tertiary/aromatic N) is 2. The predicted octanol–water partition coefficient (Wildman–Crippen LogP) is 1.31. The lowest BCUT2D eigenvalue weighted by atomic mass is 10.1. The van der Waals surface area contributed by atoms with Crippen molar-refractivity contribution in [1.29, 1.82) is 0 Å². The summed E-state index contributed by atoms with van der Waals surface area (Å²) < 4.78 is 0. The van der Waals surface area contributed by atoms with Crippen molar-refractivity contribution in [2.75, 3.05) is 11.5 Å². The lowest BCUT2D eigenvalue weighted by Gasteiger charge is -2.08. The van der Waals surface area contributed by atoms with Crippen molar-refractivity contribution in [3.8, 4) is 0 Å². The van der Waals surface area contributed by atoms with Crippen molar-refractivity contribution >= 4 is 29.2 Å². The minimum Gasteiger partial charge on any atom is -0.383 e. The van der Waals surface area contributed by atoms with Gasteiger partial charge in [-0.2, -0.15) is 4.98 Å². The van der Waals surface area contributed by atoms with Gasteiger partial charge in [-0.25, -0.2) is 4.98 Å². The molecule has 0 radical (unpaired) electrons. The molecular formula is C14H14ClN5O. The van der Waals surface area contributed by atoms with Crippen LogP contribution in [0.5, 0.6) is 0 Å². The molecule has 3 aliphatic rings. The van der Waals surface area contributed by atoms with Gasteiger partial charge in [0.05, 0.1) is 11.7 Å². The Kier molecular flexibility index (Phi) is 3.27. The summed E-state index contributed by atoms with van der Waals surface area (Å²) in [6, 6.07) is 5.67. The van der Waals surface area contributed by atoms with Crippen LogP contribution in [0.2, 0.25) is 5.02 Å². The first-order chi connectivity index (χ1) is 9.97. The van der Waals surface area contributed by atoms with Crippen molar-refractivity contribution < 1.29 is 4.79 Å². The molecule has 4 rings (SSSR count). The molecular weight excluding hydrogens is 290 g/mol. The molecule has 0 bridgehead atoms. The zero-order chi connectivity index (χ0) is 15.1. The van der Waals surface area contributed by atoms with Gasteiger partial charge < -0.3 is 11.5 Å². The van der Waals surface area contributed by atoms with Gasteiger partial charge in [-0.3, -0.25) is 10.1 Å². The van der Waals surface area contributed by atoms with Gasteiger partial charge in [0.25, 0.3) is 0 Å². The number of nitrogens with two attached hydrogens (primary N) is 2. The van der Waals surface area contributed by atoms with Crippen LogP contribution >= 0.6 is 11.6 Å². The van der Waals surface area contributed by atoms with Crippen molar-refractivity contribution in [1.82, 2.24) is 15.3 Å². The molecule has 0 amide bonds. The number of nitrogens with one attached hydrogen (secondary N) is 1. The number of aromatic nitrogens is 2. The van der Waals surface area contributed by atoms with Gasteiger partial charge in [-0.05, 0) is 18.2 Å². The summed E-state index contributed by atoms with van der Waals surface area (Å²) >= 11 is 5.60. The lowest BCUT2D eigenvalue weighted by Crippen LogP contribution is -2.20. The van der Waals surface area contributed by atoms with Crippen molar-refractivity contribution in [2.45, 2.75) is 19.5 Å². The Morgan fingerprint density at radius 2 is 2.14 bits per heavy atom.